The molecule has 1 aliphatic rings. The summed E-state index contributed by atoms with van der Waals surface area (Å²) >= 11 is 0. The zero-order valence-corrected chi connectivity index (χ0v) is 21.6. The molecular formula is C27H39NO3Si. The first-order valence-corrected chi connectivity index (χ1v) is 13.6. The van der Waals surface area contributed by atoms with Crippen LogP contribution in [0.4, 0.5) is 4.79 Å². The van der Waals surface area contributed by atoms with Gasteiger partial charge in [-0.3, -0.25) is 0 Å². The van der Waals surface area contributed by atoms with Gasteiger partial charge in [0, 0.05) is 12.1 Å². The fraction of sp³-hybridized carbons (Fsp3) is 0.519. The van der Waals surface area contributed by atoms with E-state index in [2.05, 4.69) is 93.7 Å². The van der Waals surface area contributed by atoms with E-state index >= 15 is 0 Å². The van der Waals surface area contributed by atoms with Crippen LogP contribution in [0.3, 0.4) is 0 Å². The minimum absolute atomic E-state index is 0.0491. The van der Waals surface area contributed by atoms with Crippen LogP contribution < -0.4 is 15.7 Å². The van der Waals surface area contributed by atoms with Crippen LogP contribution in [0.15, 0.2) is 60.7 Å². The maximum atomic E-state index is 12.4. The van der Waals surface area contributed by atoms with Crippen molar-refractivity contribution in [3.8, 4) is 0 Å². The molecule has 0 spiro atoms. The summed E-state index contributed by atoms with van der Waals surface area (Å²) in [6, 6.07) is 21.5. The van der Waals surface area contributed by atoms with Crippen LogP contribution in [0.5, 0.6) is 0 Å². The van der Waals surface area contributed by atoms with Gasteiger partial charge in [-0.05, 0) is 54.9 Å². The molecule has 2 aromatic rings. The Morgan fingerprint density at radius 2 is 1.38 bits per heavy atom. The van der Waals surface area contributed by atoms with Crippen molar-refractivity contribution in [1.29, 1.82) is 0 Å². The van der Waals surface area contributed by atoms with Crippen molar-refractivity contribution >= 4 is 24.8 Å². The Morgan fingerprint density at radius 1 is 0.875 bits per heavy atom. The highest BCUT2D eigenvalue weighted by Gasteiger charge is 2.52. The molecule has 0 saturated heterocycles. The Balaban J connectivity index is 1.91. The summed E-state index contributed by atoms with van der Waals surface area (Å²) in [7, 11) is -2.60. The average molecular weight is 454 g/mol. The van der Waals surface area contributed by atoms with Crippen molar-refractivity contribution in [2.45, 2.75) is 84.1 Å². The van der Waals surface area contributed by atoms with Crippen LogP contribution in [0, 0.1) is 5.92 Å². The van der Waals surface area contributed by atoms with Gasteiger partial charge in [0.2, 0.25) is 0 Å². The highest BCUT2D eigenvalue weighted by atomic mass is 28.4. The van der Waals surface area contributed by atoms with Gasteiger partial charge >= 0.3 is 6.09 Å². The van der Waals surface area contributed by atoms with E-state index in [0.29, 0.717) is 5.92 Å². The number of hydrogen-bond donors (Lipinski definition) is 1. The summed E-state index contributed by atoms with van der Waals surface area (Å²) in [4.78, 5) is 12.4. The van der Waals surface area contributed by atoms with E-state index in [4.69, 9.17) is 9.16 Å². The maximum Gasteiger partial charge on any atom is 0.407 e. The molecule has 4 nitrogen and oxygen atoms in total. The molecule has 1 amide bonds. The Morgan fingerprint density at radius 3 is 1.81 bits per heavy atom. The first-order valence-electron chi connectivity index (χ1n) is 11.7. The summed E-state index contributed by atoms with van der Waals surface area (Å²) in [5.74, 6) is 0.325. The van der Waals surface area contributed by atoms with E-state index in [9.17, 15) is 4.79 Å². The molecule has 0 aromatic heterocycles. The molecule has 0 heterocycles. The molecule has 3 rings (SSSR count). The van der Waals surface area contributed by atoms with E-state index in [-0.39, 0.29) is 23.3 Å². The minimum atomic E-state index is -2.60. The lowest BCUT2D eigenvalue weighted by molar-refractivity contribution is 0.0493. The normalized spacial score (nSPS) is 21.9. The van der Waals surface area contributed by atoms with Gasteiger partial charge in [-0.1, -0.05) is 88.4 Å². The van der Waals surface area contributed by atoms with Crippen molar-refractivity contribution in [1.82, 2.24) is 5.32 Å². The number of alkyl carbamates (subject to hydrolysis) is 1. The van der Waals surface area contributed by atoms with Crippen LogP contribution in [0.25, 0.3) is 0 Å². The van der Waals surface area contributed by atoms with E-state index < -0.39 is 13.9 Å². The summed E-state index contributed by atoms with van der Waals surface area (Å²) in [6.07, 6.45) is 1.45. The molecule has 0 radical (unpaired) electrons. The Bertz CT molecular complexity index is 847. The van der Waals surface area contributed by atoms with E-state index in [0.717, 1.165) is 12.8 Å². The van der Waals surface area contributed by atoms with Gasteiger partial charge < -0.3 is 14.5 Å². The van der Waals surface area contributed by atoms with Crippen molar-refractivity contribution in [2.75, 3.05) is 0 Å². The summed E-state index contributed by atoms with van der Waals surface area (Å²) in [5.41, 5.74) is -0.503. The third-order valence-corrected chi connectivity index (χ3v) is 11.4. The number of ether oxygens (including phenoxy) is 1. The molecule has 1 aliphatic carbocycles. The van der Waals surface area contributed by atoms with E-state index in [1.807, 2.05) is 20.8 Å². The quantitative estimate of drug-likeness (QED) is 0.629. The molecule has 0 aliphatic heterocycles. The third-order valence-electron chi connectivity index (χ3n) is 6.30. The number of rotatable bonds is 5. The van der Waals surface area contributed by atoms with E-state index in [1.165, 1.54) is 10.4 Å². The average Bonchev–Trinajstić information content (AvgIpc) is 3.03. The lowest BCUT2D eigenvalue weighted by Crippen LogP contribution is -2.67. The molecule has 1 N–H and O–H groups in total. The molecule has 0 unspecified atom stereocenters. The van der Waals surface area contributed by atoms with Crippen molar-refractivity contribution < 1.29 is 14.0 Å². The number of benzene rings is 2. The first kappa shape index (κ1) is 24.5. The van der Waals surface area contributed by atoms with Gasteiger partial charge in [-0.15, -0.1) is 0 Å². The summed E-state index contributed by atoms with van der Waals surface area (Å²) < 4.78 is 12.8. The summed E-state index contributed by atoms with van der Waals surface area (Å²) in [5, 5.41) is 5.61. The number of amides is 1. The molecule has 5 heteroatoms. The van der Waals surface area contributed by atoms with E-state index in [1.54, 1.807) is 0 Å². The van der Waals surface area contributed by atoms with Crippen LogP contribution in [-0.4, -0.2) is 32.2 Å². The SMILES string of the molecule is C[C@H]1C[C@@H](O[Si](c2ccccc2)(c2ccccc2)C(C)(C)C)C[C@H]1NC(=O)OC(C)(C)C. The fourth-order valence-electron chi connectivity index (χ4n) is 4.89. The Hall–Kier alpha value is -2.11. The minimum Gasteiger partial charge on any atom is -0.444 e. The monoisotopic (exact) mass is 453 g/mol. The second-order valence-corrected chi connectivity index (χ2v) is 15.4. The van der Waals surface area contributed by atoms with Gasteiger partial charge in [0.05, 0.1) is 0 Å². The predicted octanol–water partition coefficient (Wildman–Crippen LogP) is 5.25. The third kappa shape index (κ3) is 5.44. The molecule has 2 aromatic carbocycles. The second kappa shape index (κ2) is 9.40. The van der Waals surface area contributed by atoms with Gasteiger partial charge in [0.15, 0.2) is 0 Å². The van der Waals surface area contributed by atoms with Gasteiger partial charge in [0.1, 0.15) is 5.60 Å². The molecule has 32 heavy (non-hydrogen) atoms. The molecule has 3 atom stereocenters. The van der Waals surface area contributed by atoms with Gasteiger partial charge in [-0.25, -0.2) is 4.79 Å². The Labute approximate surface area is 194 Å². The molecular weight excluding hydrogens is 414 g/mol. The maximum absolute atomic E-state index is 12.4. The molecule has 1 saturated carbocycles. The lowest BCUT2D eigenvalue weighted by atomic mass is 10.1. The van der Waals surface area contributed by atoms with Crippen LogP contribution in [-0.2, 0) is 9.16 Å². The van der Waals surface area contributed by atoms with Crippen LogP contribution >= 0.6 is 0 Å². The second-order valence-electron chi connectivity index (χ2n) is 11.1. The number of nitrogens with one attached hydrogen (secondary N) is 1. The van der Waals surface area contributed by atoms with Crippen LogP contribution in [0.1, 0.15) is 61.3 Å². The largest absolute Gasteiger partial charge is 0.444 e. The van der Waals surface area contributed by atoms with Gasteiger partial charge in [0.25, 0.3) is 8.32 Å². The standard InChI is InChI=1S/C27H39NO3Si/c1-20-18-21(19-24(20)28-25(29)30-26(2,3)4)31-32(27(5,6)7,22-14-10-8-11-15-22)23-16-12-9-13-17-23/h8-17,20-21,24H,18-19H2,1-7H3,(H,28,29)/t20-,21+,24+/m0/s1. The number of carbonyl (C=O) groups excluding carboxylic acids is 1. The fourth-order valence-corrected chi connectivity index (χ4v) is 9.60. The zero-order chi connectivity index (χ0) is 23.6. The molecule has 0 bridgehead atoms. The Kier molecular flexibility index (Phi) is 7.20. The highest BCUT2D eigenvalue weighted by Crippen LogP contribution is 2.40. The van der Waals surface area contributed by atoms with Gasteiger partial charge in [-0.2, -0.15) is 0 Å². The molecule has 174 valence electrons. The zero-order valence-electron chi connectivity index (χ0n) is 20.6. The number of hydrogen-bond acceptors (Lipinski definition) is 3. The van der Waals surface area contributed by atoms with Crippen LogP contribution in [0.2, 0.25) is 5.04 Å². The smallest absolute Gasteiger partial charge is 0.407 e. The van der Waals surface area contributed by atoms with Crippen molar-refractivity contribution in [3.63, 3.8) is 0 Å². The highest BCUT2D eigenvalue weighted by molar-refractivity contribution is 6.99. The predicted molar refractivity (Wildman–Crippen MR) is 134 cm³/mol. The van der Waals surface area contributed by atoms with Crippen molar-refractivity contribution in [3.05, 3.63) is 60.7 Å². The number of carbonyl (C=O) groups is 1. The first-order chi connectivity index (χ1) is 14.9. The summed E-state index contributed by atoms with van der Waals surface area (Å²) in [6.45, 7) is 14.8. The topological polar surface area (TPSA) is 47.6 Å². The lowest BCUT2D eigenvalue weighted by Gasteiger charge is -2.44. The van der Waals surface area contributed by atoms with Crippen molar-refractivity contribution in [2.24, 2.45) is 5.92 Å². The molecule has 1 fully saturated rings.